The van der Waals surface area contributed by atoms with E-state index in [0.717, 1.165) is 49.9 Å². The molecule has 0 spiro atoms. The standard InChI is InChI=1S/2C6HF4.2C6H3F2.4C6H7.2Ti/c2*7-3-1-4(8)6(10)2-5(3)9;2*7-5-2-1-3-6(8)4-5;4*1-6-4-2-3-5-6;;/h2*1H;2*1-3H;4*2,4H,3H2,1H3;;/q8*-1;2*+4. The fraction of sp³-hybridized carbons (Fsp3) is 0.167. The first-order valence-corrected chi connectivity index (χ1v) is 17.4. The SMILES string of the molecule is CC1=[C-]CC=C1.CC1=[C-]CC=C1.CC1=[C-]CC=C1.CC1=[C-]CC=C1.Fc1[c-]c(F)c(F)cc1F.Fc1[c-]c(F)c(F)cc1F.Fc1[c-]c(F)ccc1.Fc1[c-]c(F)ccc1.[Ti+4].[Ti+4]. The van der Waals surface area contributed by atoms with Gasteiger partial charge in [-0.2, -0.15) is 36.4 Å². The van der Waals surface area contributed by atoms with Crippen molar-refractivity contribution in [1.82, 2.24) is 0 Å². The van der Waals surface area contributed by atoms with Gasteiger partial charge in [0.25, 0.3) is 0 Å². The fourth-order valence-corrected chi connectivity index (χ4v) is 3.79. The summed E-state index contributed by atoms with van der Waals surface area (Å²) in [5, 5.41) is 0. The van der Waals surface area contributed by atoms with Crippen molar-refractivity contribution in [2.24, 2.45) is 0 Å². The van der Waals surface area contributed by atoms with Crippen LogP contribution in [-0.2, 0) is 43.4 Å². The van der Waals surface area contributed by atoms with Gasteiger partial charge in [0.05, 0.1) is 0 Å². The number of benzene rings is 4. The zero-order valence-corrected chi connectivity index (χ0v) is 36.7. The van der Waals surface area contributed by atoms with Crippen molar-refractivity contribution in [3.63, 3.8) is 0 Å². The average Bonchev–Trinajstić information content (AvgIpc) is 4.04. The number of allylic oxidation sites excluding steroid dienone is 16. The third-order valence-corrected chi connectivity index (χ3v) is 6.70. The van der Waals surface area contributed by atoms with Gasteiger partial charge in [-0.3, -0.25) is 41.9 Å². The first-order chi connectivity index (χ1) is 28.4. The maximum absolute atomic E-state index is 11.9. The average molecular weight is 937 g/mol. The number of hydrogen-bond donors (Lipinski definition) is 0. The van der Waals surface area contributed by atoms with Gasteiger partial charge in [0.1, 0.15) is 0 Å². The minimum absolute atomic E-state index is 0. The summed E-state index contributed by atoms with van der Waals surface area (Å²) in [4.78, 5) is 0. The van der Waals surface area contributed by atoms with Crippen LogP contribution < -0.4 is 0 Å². The largest absolute Gasteiger partial charge is 4.00 e. The molecule has 0 heterocycles. The zero-order valence-electron chi connectivity index (χ0n) is 33.6. The molecule has 0 aromatic heterocycles. The number of rotatable bonds is 0. The summed E-state index contributed by atoms with van der Waals surface area (Å²) in [5.74, 6) is -14.5. The topological polar surface area (TPSA) is 0 Å². The molecule has 0 radical (unpaired) electrons. The van der Waals surface area contributed by atoms with E-state index in [1.807, 2.05) is 12.1 Å². The molecule has 4 aromatic rings. The Morgan fingerprint density at radius 1 is 0.339 bits per heavy atom. The molecule has 0 N–H and O–H groups in total. The van der Waals surface area contributed by atoms with Crippen LogP contribution in [0.25, 0.3) is 0 Å². The van der Waals surface area contributed by atoms with E-state index < -0.39 is 69.8 Å². The molecular weight excluding hydrogens is 900 g/mol. The van der Waals surface area contributed by atoms with E-state index in [1.54, 1.807) is 0 Å². The quantitative estimate of drug-likeness (QED) is 0.0713. The third kappa shape index (κ3) is 28.8. The van der Waals surface area contributed by atoms with Gasteiger partial charge >= 0.3 is 43.4 Å². The van der Waals surface area contributed by atoms with Crippen molar-refractivity contribution >= 4 is 0 Å². The van der Waals surface area contributed by atoms with Gasteiger partial charge in [0.2, 0.25) is 0 Å². The molecule has 0 amide bonds. The summed E-state index contributed by atoms with van der Waals surface area (Å²) in [5.41, 5.74) is 5.09. The van der Waals surface area contributed by atoms with E-state index in [-0.39, 0.29) is 55.6 Å². The molecule has 0 saturated carbocycles. The molecule has 4 aliphatic rings. The number of halogens is 12. The molecular formula is C48H36F12Ti2. The molecule has 0 nitrogen and oxygen atoms in total. The van der Waals surface area contributed by atoms with E-state index in [9.17, 15) is 52.7 Å². The van der Waals surface area contributed by atoms with E-state index in [0.29, 0.717) is 0 Å². The summed E-state index contributed by atoms with van der Waals surface area (Å²) in [6, 6.07) is 13.5. The van der Waals surface area contributed by atoms with Gasteiger partial charge in [-0.15, -0.1) is 74.2 Å². The van der Waals surface area contributed by atoms with Gasteiger partial charge in [-0.25, -0.2) is 81.7 Å². The van der Waals surface area contributed by atoms with Crippen LogP contribution in [0.2, 0.25) is 0 Å². The van der Waals surface area contributed by atoms with Crippen molar-refractivity contribution in [3.05, 3.63) is 238 Å². The minimum Gasteiger partial charge on any atom is -0.281 e. The first kappa shape index (κ1) is 59.5. The summed E-state index contributed by atoms with van der Waals surface area (Å²) >= 11 is 0. The molecule has 4 aromatic carbocycles. The van der Waals surface area contributed by atoms with Crippen molar-refractivity contribution in [1.29, 1.82) is 0 Å². The molecule has 0 fully saturated rings. The molecule has 0 aliphatic heterocycles. The predicted molar refractivity (Wildman–Crippen MR) is 205 cm³/mol. The van der Waals surface area contributed by atoms with Gasteiger partial charge in [-0.1, -0.05) is 39.8 Å². The summed E-state index contributed by atoms with van der Waals surface area (Å²) < 4.78 is 143. The van der Waals surface area contributed by atoms with Gasteiger partial charge < -0.3 is 0 Å². The Morgan fingerprint density at radius 3 is 0.645 bits per heavy atom. The molecule has 62 heavy (non-hydrogen) atoms. The summed E-state index contributed by atoms with van der Waals surface area (Å²) in [7, 11) is 0. The van der Waals surface area contributed by atoms with Crippen LogP contribution in [0.5, 0.6) is 0 Å². The maximum Gasteiger partial charge on any atom is 4.00 e. The van der Waals surface area contributed by atoms with Crippen LogP contribution in [-0.4, -0.2) is 0 Å². The van der Waals surface area contributed by atoms with Crippen LogP contribution in [0.4, 0.5) is 52.7 Å². The van der Waals surface area contributed by atoms with E-state index in [4.69, 9.17) is 0 Å². The van der Waals surface area contributed by atoms with E-state index in [2.05, 4.69) is 101 Å². The van der Waals surface area contributed by atoms with E-state index in [1.165, 1.54) is 46.6 Å². The van der Waals surface area contributed by atoms with Crippen LogP contribution >= 0.6 is 0 Å². The second kappa shape index (κ2) is 33.9. The van der Waals surface area contributed by atoms with Crippen molar-refractivity contribution < 1.29 is 96.1 Å². The Kier molecular flexibility index (Phi) is 32.6. The molecule has 8 rings (SSSR count). The normalized spacial score (nSPS) is 12.8. The molecule has 4 aliphatic carbocycles. The molecule has 320 valence electrons. The fourth-order valence-electron chi connectivity index (χ4n) is 3.79. The van der Waals surface area contributed by atoms with Crippen LogP contribution in [0.15, 0.2) is 119 Å². The van der Waals surface area contributed by atoms with Crippen molar-refractivity contribution in [3.8, 4) is 0 Å². The monoisotopic (exact) mass is 936 g/mol. The minimum atomic E-state index is -1.51. The third-order valence-electron chi connectivity index (χ3n) is 6.70. The Morgan fingerprint density at radius 2 is 0.548 bits per heavy atom. The predicted octanol–water partition coefficient (Wildman–Crippen LogP) is 14.4. The summed E-state index contributed by atoms with van der Waals surface area (Å²) in [6.45, 7) is 8.24. The van der Waals surface area contributed by atoms with Gasteiger partial charge in [-0.05, 0) is 0 Å². The second-order valence-electron chi connectivity index (χ2n) is 11.7. The Bertz CT molecular complexity index is 1840. The Labute approximate surface area is 385 Å². The smallest absolute Gasteiger partial charge is 0.281 e. The van der Waals surface area contributed by atoms with Gasteiger partial charge in [0, 0.05) is 69.8 Å². The maximum atomic E-state index is 11.9. The van der Waals surface area contributed by atoms with Crippen LogP contribution in [0.3, 0.4) is 0 Å². The van der Waals surface area contributed by atoms with Crippen molar-refractivity contribution in [2.75, 3.05) is 0 Å². The van der Waals surface area contributed by atoms with Crippen LogP contribution in [0, 0.1) is 118 Å². The number of hydrogen-bond acceptors (Lipinski definition) is 0. The summed E-state index contributed by atoms with van der Waals surface area (Å²) in [6.07, 6.45) is 33.3. The molecule has 0 bridgehead atoms. The molecule has 14 heteroatoms. The molecule has 0 atom stereocenters. The Hall–Kier alpha value is -4.61. The van der Waals surface area contributed by atoms with E-state index >= 15 is 0 Å². The molecule has 0 saturated heterocycles. The molecule has 0 unspecified atom stereocenters. The Balaban J connectivity index is 0. The second-order valence-corrected chi connectivity index (χ2v) is 11.7. The first-order valence-electron chi connectivity index (χ1n) is 17.4. The van der Waals surface area contributed by atoms with Gasteiger partial charge in [0.15, 0.2) is 0 Å². The van der Waals surface area contributed by atoms with Crippen LogP contribution in [0.1, 0.15) is 53.4 Å². The van der Waals surface area contributed by atoms with Crippen molar-refractivity contribution in [2.45, 2.75) is 53.4 Å². The zero-order chi connectivity index (χ0) is 45.0.